The van der Waals surface area contributed by atoms with E-state index in [0.29, 0.717) is 12.2 Å². The normalized spacial score (nSPS) is 18.4. The molecule has 3 aromatic carbocycles. The molecule has 1 aliphatic carbocycles. The van der Waals surface area contributed by atoms with Gasteiger partial charge in [-0.25, -0.2) is 27.3 Å². The number of urea groups is 1. The second-order valence-electron chi connectivity index (χ2n) is 9.31. The van der Waals surface area contributed by atoms with Gasteiger partial charge in [0.15, 0.2) is 0 Å². The summed E-state index contributed by atoms with van der Waals surface area (Å²) in [6.45, 7) is 0. The number of benzene rings is 3. The molecule has 0 saturated heterocycles. The number of nitrogens with zero attached hydrogens (tertiary/aromatic N) is 2. The number of rotatable bonds is 7. The van der Waals surface area contributed by atoms with E-state index in [1.807, 2.05) is 70.0 Å². The summed E-state index contributed by atoms with van der Waals surface area (Å²) < 4.78 is 48.8. The quantitative estimate of drug-likeness (QED) is 0.289. The number of carbonyl (C=O) groups excluding carboxylic acids is 1. The Hall–Kier alpha value is -4.70. The molecule has 196 valence electrons. The second-order valence-corrected chi connectivity index (χ2v) is 11.0. The fraction of sp³-hybridized carbons (Fsp3) is 0.103. The lowest BCUT2D eigenvalue weighted by atomic mass is 10.0. The number of nitrogens with one attached hydrogen (secondary N) is 2. The molecule has 0 spiro atoms. The Balaban J connectivity index is 1.33. The Morgan fingerprint density at radius 2 is 1.72 bits per heavy atom. The molecule has 6 rings (SSSR count). The van der Waals surface area contributed by atoms with Crippen LogP contribution in [-0.2, 0) is 15.6 Å². The highest BCUT2D eigenvalue weighted by Gasteiger charge is 2.60. The van der Waals surface area contributed by atoms with Crippen LogP contribution in [0, 0.1) is 5.82 Å². The Morgan fingerprint density at radius 1 is 0.974 bits per heavy atom. The molecule has 1 fully saturated rings. The molecule has 2 aromatic heterocycles. The highest BCUT2D eigenvalue weighted by molar-refractivity contribution is 7.90. The molecule has 1 aliphatic rings. The lowest BCUT2D eigenvalue weighted by Crippen LogP contribution is -2.46. The molecular formula is C29H23FN4O4S. The van der Waals surface area contributed by atoms with Crippen LogP contribution in [0.1, 0.15) is 23.7 Å². The third-order valence-corrected chi connectivity index (χ3v) is 8.26. The summed E-state index contributed by atoms with van der Waals surface area (Å²) in [7, 11) is -4.45. The van der Waals surface area contributed by atoms with Gasteiger partial charge in [-0.05, 0) is 47.9 Å². The maximum Gasteiger partial charge on any atom is 0.329 e. The van der Waals surface area contributed by atoms with Crippen LogP contribution < -0.4 is 10.0 Å². The molecule has 2 heterocycles. The summed E-state index contributed by atoms with van der Waals surface area (Å²) in [6, 6.07) is 23.2. The summed E-state index contributed by atoms with van der Waals surface area (Å²) in [5, 5.41) is 2.86. The average Bonchev–Trinajstić information content (AvgIpc) is 3.30. The highest BCUT2D eigenvalue weighted by Crippen LogP contribution is 2.58. The van der Waals surface area contributed by atoms with Gasteiger partial charge in [-0.15, -0.1) is 0 Å². The number of imidazole rings is 1. The first-order chi connectivity index (χ1) is 18.9. The number of amides is 2. The van der Waals surface area contributed by atoms with Crippen molar-refractivity contribution in [3.8, 4) is 16.8 Å². The lowest BCUT2D eigenvalue weighted by Gasteiger charge is -2.22. The molecule has 1 saturated carbocycles. The van der Waals surface area contributed by atoms with E-state index in [2.05, 4.69) is 10.3 Å². The molecule has 8 nitrogen and oxygen atoms in total. The van der Waals surface area contributed by atoms with E-state index < -0.39 is 32.3 Å². The van der Waals surface area contributed by atoms with Crippen molar-refractivity contribution in [1.82, 2.24) is 19.6 Å². The van der Waals surface area contributed by atoms with Gasteiger partial charge >= 0.3 is 6.03 Å². The Labute approximate surface area is 224 Å². The van der Waals surface area contributed by atoms with Gasteiger partial charge in [0.2, 0.25) is 0 Å². The van der Waals surface area contributed by atoms with Crippen molar-refractivity contribution < 1.29 is 22.0 Å². The van der Waals surface area contributed by atoms with Gasteiger partial charge < -0.3 is 14.3 Å². The van der Waals surface area contributed by atoms with Crippen molar-refractivity contribution in [2.45, 2.75) is 22.8 Å². The van der Waals surface area contributed by atoms with Crippen molar-refractivity contribution in [2.24, 2.45) is 0 Å². The first-order valence-electron chi connectivity index (χ1n) is 12.2. The Morgan fingerprint density at radius 3 is 2.44 bits per heavy atom. The van der Waals surface area contributed by atoms with Crippen molar-refractivity contribution in [3.05, 3.63) is 127 Å². The van der Waals surface area contributed by atoms with E-state index >= 15 is 0 Å². The van der Waals surface area contributed by atoms with Gasteiger partial charge in [0, 0.05) is 29.6 Å². The van der Waals surface area contributed by atoms with Crippen molar-refractivity contribution >= 4 is 16.1 Å². The smallest absolute Gasteiger partial charge is 0.329 e. The Bertz CT molecular complexity index is 1740. The molecule has 5 aromatic rings. The van der Waals surface area contributed by atoms with E-state index in [-0.39, 0.29) is 5.92 Å². The molecule has 2 N–H and O–H groups in total. The largest absolute Gasteiger partial charge is 0.472 e. The summed E-state index contributed by atoms with van der Waals surface area (Å²) in [6.07, 6.45) is 7.20. The second kappa shape index (κ2) is 9.55. The van der Waals surface area contributed by atoms with Crippen LogP contribution in [0.4, 0.5) is 9.18 Å². The minimum atomic E-state index is -4.45. The monoisotopic (exact) mass is 542 g/mol. The van der Waals surface area contributed by atoms with Crippen LogP contribution in [-0.4, -0.2) is 24.0 Å². The summed E-state index contributed by atoms with van der Waals surface area (Å²) in [5.74, 6) is -0.562. The molecule has 0 radical (unpaired) electrons. The third-order valence-electron chi connectivity index (χ3n) is 6.89. The highest BCUT2D eigenvalue weighted by atomic mass is 32.2. The summed E-state index contributed by atoms with van der Waals surface area (Å²) in [4.78, 5) is 17.1. The minimum Gasteiger partial charge on any atom is -0.472 e. The van der Waals surface area contributed by atoms with Crippen molar-refractivity contribution in [3.63, 3.8) is 0 Å². The van der Waals surface area contributed by atoms with Crippen molar-refractivity contribution in [1.29, 1.82) is 0 Å². The third kappa shape index (κ3) is 4.59. The molecule has 10 heteroatoms. The van der Waals surface area contributed by atoms with Crippen LogP contribution in [0.5, 0.6) is 0 Å². The van der Waals surface area contributed by atoms with Crippen LogP contribution >= 0.6 is 0 Å². The molecule has 2 unspecified atom stereocenters. The maximum absolute atomic E-state index is 14.2. The molecule has 2 amide bonds. The van der Waals surface area contributed by atoms with E-state index in [0.717, 1.165) is 34.5 Å². The van der Waals surface area contributed by atoms with Crippen LogP contribution in [0.2, 0.25) is 0 Å². The SMILES string of the molecule is O=C(NC1(c2nccn2-c2ccc(-c3ccoc3)cc2)CC1c1ccccc1)NS(=O)(=O)c1ccccc1F. The predicted octanol–water partition coefficient (Wildman–Crippen LogP) is 5.34. The molecule has 39 heavy (non-hydrogen) atoms. The number of carbonyl (C=O) groups is 1. The van der Waals surface area contributed by atoms with E-state index in [9.17, 15) is 17.6 Å². The lowest BCUT2D eigenvalue weighted by molar-refractivity contribution is 0.239. The zero-order valence-electron chi connectivity index (χ0n) is 20.5. The number of hydrogen-bond acceptors (Lipinski definition) is 5. The molecular weight excluding hydrogens is 519 g/mol. The Kier molecular flexibility index (Phi) is 6.03. The minimum absolute atomic E-state index is 0.160. The van der Waals surface area contributed by atoms with Gasteiger partial charge in [0.05, 0.1) is 12.5 Å². The molecule has 2 atom stereocenters. The standard InChI is InChI=1S/C29H23FN4O4S/c30-25-8-4-5-9-26(25)39(36,37)33-28(35)32-29(18-24(29)21-6-2-1-3-7-21)27-31-15-16-34(27)23-12-10-20(11-13-23)22-14-17-38-19-22/h1-17,19,24H,18H2,(H2,32,33,35). The molecule has 0 bridgehead atoms. The van der Waals surface area contributed by atoms with Gasteiger partial charge in [0.1, 0.15) is 22.1 Å². The fourth-order valence-electron chi connectivity index (χ4n) is 4.94. The number of hydrogen-bond donors (Lipinski definition) is 2. The summed E-state index contributed by atoms with van der Waals surface area (Å²) in [5.41, 5.74) is 2.72. The average molecular weight is 543 g/mol. The van der Waals surface area contributed by atoms with E-state index in [1.54, 1.807) is 24.9 Å². The zero-order valence-corrected chi connectivity index (χ0v) is 21.3. The van der Waals surface area contributed by atoms with Crippen LogP contribution in [0.25, 0.3) is 16.8 Å². The summed E-state index contributed by atoms with van der Waals surface area (Å²) >= 11 is 0. The number of aromatic nitrogens is 2. The van der Waals surface area contributed by atoms with Crippen LogP contribution in [0.3, 0.4) is 0 Å². The number of furan rings is 1. The maximum atomic E-state index is 14.2. The van der Waals surface area contributed by atoms with Gasteiger partial charge in [-0.2, -0.15) is 0 Å². The van der Waals surface area contributed by atoms with Gasteiger partial charge in [-0.3, -0.25) is 0 Å². The zero-order chi connectivity index (χ0) is 27.0. The predicted molar refractivity (Wildman–Crippen MR) is 142 cm³/mol. The van der Waals surface area contributed by atoms with Gasteiger partial charge in [0.25, 0.3) is 10.0 Å². The first-order valence-corrected chi connectivity index (χ1v) is 13.7. The van der Waals surface area contributed by atoms with Gasteiger partial charge in [-0.1, -0.05) is 54.6 Å². The molecule has 0 aliphatic heterocycles. The van der Waals surface area contributed by atoms with E-state index in [4.69, 9.17) is 4.42 Å². The topological polar surface area (TPSA) is 106 Å². The number of sulfonamides is 1. The number of halogens is 1. The first kappa shape index (κ1) is 24.6. The fourth-order valence-corrected chi connectivity index (χ4v) is 5.93. The van der Waals surface area contributed by atoms with Crippen LogP contribution in [0.15, 0.2) is 119 Å². The van der Waals surface area contributed by atoms with E-state index in [1.165, 1.54) is 12.1 Å². The van der Waals surface area contributed by atoms with Crippen molar-refractivity contribution in [2.75, 3.05) is 0 Å².